The van der Waals surface area contributed by atoms with Gasteiger partial charge in [0.05, 0.1) is 24.3 Å². The van der Waals surface area contributed by atoms with Gasteiger partial charge in [0, 0.05) is 6.20 Å². The predicted molar refractivity (Wildman–Crippen MR) is 58.0 cm³/mol. The van der Waals surface area contributed by atoms with Crippen LogP contribution >= 0.6 is 15.9 Å². The van der Waals surface area contributed by atoms with E-state index in [0.29, 0.717) is 32.3 Å². The monoisotopic (exact) mass is 273 g/mol. The molecule has 0 saturated carbocycles. The fraction of sp³-hybridized carbons (Fsp3) is 0.500. The maximum Gasteiger partial charge on any atom is 0.228 e. The molecule has 5 heteroatoms. The van der Waals surface area contributed by atoms with Gasteiger partial charge >= 0.3 is 0 Å². The summed E-state index contributed by atoms with van der Waals surface area (Å²) in [7, 11) is 0. The molecule has 1 unspecified atom stereocenters. The third-order valence-electron chi connectivity index (χ3n) is 2.02. The van der Waals surface area contributed by atoms with Crippen molar-refractivity contribution in [2.75, 3.05) is 26.4 Å². The average Bonchev–Trinajstić information content (AvgIpc) is 2.29. The van der Waals surface area contributed by atoms with Crippen molar-refractivity contribution in [2.45, 2.75) is 6.10 Å². The normalized spacial score (nSPS) is 21.3. The van der Waals surface area contributed by atoms with E-state index in [1.54, 1.807) is 6.20 Å². The van der Waals surface area contributed by atoms with Gasteiger partial charge in [-0.25, -0.2) is 4.98 Å². The first-order valence-electron chi connectivity index (χ1n) is 4.79. The van der Waals surface area contributed by atoms with Crippen LogP contribution in [-0.2, 0) is 9.47 Å². The molecule has 1 aromatic rings. The van der Waals surface area contributed by atoms with E-state index in [1.807, 2.05) is 12.1 Å². The minimum atomic E-state index is 0.00709. The Morgan fingerprint density at radius 2 is 2.47 bits per heavy atom. The molecule has 1 aromatic heterocycles. The SMILES string of the molecule is Brc1cccnc1OCC1COCCO1. The van der Waals surface area contributed by atoms with Crippen LogP contribution in [0.25, 0.3) is 0 Å². The Kier molecular flexibility index (Phi) is 3.94. The molecule has 2 heterocycles. The number of hydrogen-bond donors (Lipinski definition) is 0. The molecule has 0 aromatic carbocycles. The van der Waals surface area contributed by atoms with E-state index >= 15 is 0 Å². The second-order valence-electron chi connectivity index (χ2n) is 3.17. The molecule has 0 N–H and O–H groups in total. The lowest BCUT2D eigenvalue weighted by Crippen LogP contribution is -2.33. The summed E-state index contributed by atoms with van der Waals surface area (Å²) in [4.78, 5) is 4.10. The first-order chi connectivity index (χ1) is 7.36. The molecule has 2 rings (SSSR count). The van der Waals surface area contributed by atoms with Gasteiger partial charge < -0.3 is 14.2 Å². The minimum absolute atomic E-state index is 0.00709. The number of aromatic nitrogens is 1. The molecule has 82 valence electrons. The lowest BCUT2D eigenvalue weighted by molar-refractivity contribution is -0.102. The zero-order valence-electron chi connectivity index (χ0n) is 8.19. The van der Waals surface area contributed by atoms with Gasteiger partial charge in [-0.05, 0) is 28.1 Å². The molecular weight excluding hydrogens is 262 g/mol. The lowest BCUT2D eigenvalue weighted by Gasteiger charge is -2.22. The number of hydrogen-bond acceptors (Lipinski definition) is 4. The van der Waals surface area contributed by atoms with Crippen LogP contribution in [0.5, 0.6) is 5.88 Å². The highest BCUT2D eigenvalue weighted by Gasteiger charge is 2.15. The Labute approximate surface area is 96.7 Å². The molecule has 1 aliphatic heterocycles. The van der Waals surface area contributed by atoms with E-state index in [4.69, 9.17) is 14.2 Å². The molecule has 15 heavy (non-hydrogen) atoms. The van der Waals surface area contributed by atoms with Gasteiger partial charge in [-0.15, -0.1) is 0 Å². The van der Waals surface area contributed by atoms with E-state index in [-0.39, 0.29) is 6.10 Å². The quantitative estimate of drug-likeness (QED) is 0.840. The van der Waals surface area contributed by atoms with E-state index in [1.165, 1.54) is 0 Å². The van der Waals surface area contributed by atoms with Crippen molar-refractivity contribution in [3.05, 3.63) is 22.8 Å². The highest BCUT2D eigenvalue weighted by molar-refractivity contribution is 9.10. The Balaban J connectivity index is 1.84. The molecule has 1 fully saturated rings. The summed E-state index contributed by atoms with van der Waals surface area (Å²) in [5.41, 5.74) is 0. The van der Waals surface area contributed by atoms with Crippen LogP contribution in [0.2, 0.25) is 0 Å². The summed E-state index contributed by atoms with van der Waals surface area (Å²) in [5.74, 6) is 0.590. The smallest absolute Gasteiger partial charge is 0.228 e. The first-order valence-corrected chi connectivity index (χ1v) is 5.58. The lowest BCUT2D eigenvalue weighted by atomic mass is 10.4. The molecule has 1 aliphatic rings. The van der Waals surface area contributed by atoms with Gasteiger partial charge in [-0.3, -0.25) is 0 Å². The van der Waals surface area contributed by atoms with Crippen LogP contribution in [0.4, 0.5) is 0 Å². The van der Waals surface area contributed by atoms with E-state index in [2.05, 4.69) is 20.9 Å². The van der Waals surface area contributed by atoms with Crippen molar-refractivity contribution in [1.82, 2.24) is 4.98 Å². The molecule has 0 amide bonds. The van der Waals surface area contributed by atoms with E-state index in [0.717, 1.165) is 4.47 Å². The zero-order chi connectivity index (χ0) is 10.5. The molecule has 0 radical (unpaired) electrons. The Morgan fingerprint density at radius 1 is 1.53 bits per heavy atom. The maximum absolute atomic E-state index is 5.51. The van der Waals surface area contributed by atoms with Crippen LogP contribution in [0.1, 0.15) is 0 Å². The largest absolute Gasteiger partial charge is 0.474 e. The predicted octanol–water partition coefficient (Wildman–Crippen LogP) is 1.64. The van der Waals surface area contributed by atoms with E-state index < -0.39 is 0 Å². The number of halogens is 1. The van der Waals surface area contributed by atoms with Gasteiger partial charge in [0.15, 0.2) is 0 Å². The second kappa shape index (κ2) is 5.44. The third-order valence-corrected chi connectivity index (χ3v) is 2.62. The van der Waals surface area contributed by atoms with Crippen LogP contribution in [0, 0.1) is 0 Å². The van der Waals surface area contributed by atoms with Gasteiger partial charge in [0.25, 0.3) is 0 Å². The minimum Gasteiger partial charge on any atom is -0.474 e. The molecule has 0 aliphatic carbocycles. The van der Waals surface area contributed by atoms with Crippen molar-refractivity contribution in [3.63, 3.8) is 0 Å². The summed E-state index contributed by atoms with van der Waals surface area (Å²) < 4.78 is 17.1. The van der Waals surface area contributed by atoms with Crippen molar-refractivity contribution in [1.29, 1.82) is 0 Å². The highest BCUT2D eigenvalue weighted by atomic mass is 79.9. The van der Waals surface area contributed by atoms with Crippen molar-refractivity contribution in [2.24, 2.45) is 0 Å². The van der Waals surface area contributed by atoms with Gasteiger partial charge in [0.1, 0.15) is 12.7 Å². The van der Waals surface area contributed by atoms with Crippen LogP contribution in [0.15, 0.2) is 22.8 Å². The van der Waals surface area contributed by atoms with Gasteiger partial charge in [0.2, 0.25) is 5.88 Å². The number of ether oxygens (including phenoxy) is 3. The fourth-order valence-corrected chi connectivity index (χ4v) is 1.65. The Bertz CT molecular complexity index is 315. The summed E-state index contributed by atoms with van der Waals surface area (Å²) >= 11 is 3.36. The molecule has 0 spiro atoms. The summed E-state index contributed by atoms with van der Waals surface area (Å²) in [6, 6.07) is 3.73. The maximum atomic E-state index is 5.51. The average molecular weight is 274 g/mol. The molecule has 1 saturated heterocycles. The van der Waals surface area contributed by atoms with Crippen LogP contribution in [0.3, 0.4) is 0 Å². The van der Waals surface area contributed by atoms with Gasteiger partial charge in [-0.2, -0.15) is 0 Å². The van der Waals surface area contributed by atoms with E-state index in [9.17, 15) is 0 Å². The second-order valence-corrected chi connectivity index (χ2v) is 4.02. The summed E-state index contributed by atoms with van der Waals surface area (Å²) in [5, 5.41) is 0. The zero-order valence-corrected chi connectivity index (χ0v) is 9.77. The third kappa shape index (κ3) is 3.15. The van der Waals surface area contributed by atoms with Crippen LogP contribution < -0.4 is 4.74 Å². The van der Waals surface area contributed by atoms with Gasteiger partial charge in [-0.1, -0.05) is 0 Å². The fourth-order valence-electron chi connectivity index (χ4n) is 1.28. The molecule has 4 nitrogen and oxygen atoms in total. The van der Waals surface area contributed by atoms with Crippen LogP contribution in [-0.4, -0.2) is 37.5 Å². The molecular formula is C10H12BrNO3. The van der Waals surface area contributed by atoms with Crippen molar-refractivity contribution in [3.8, 4) is 5.88 Å². The number of nitrogens with zero attached hydrogens (tertiary/aromatic N) is 1. The number of pyridine rings is 1. The highest BCUT2D eigenvalue weighted by Crippen LogP contribution is 2.21. The summed E-state index contributed by atoms with van der Waals surface area (Å²) in [6.45, 7) is 2.36. The topological polar surface area (TPSA) is 40.6 Å². The van der Waals surface area contributed by atoms with Crippen molar-refractivity contribution < 1.29 is 14.2 Å². The first kappa shape index (κ1) is 10.9. The Morgan fingerprint density at radius 3 is 3.20 bits per heavy atom. The summed E-state index contributed by atoms with van der Waals surface area (Å²) in [6.07, 6.45) is 1.70. The Hall–Kier alpha value is -0.650. The number of rotatable bonds is 3. The standard InChI is InChI=1S/C10H12BrNO3/c11-9-2-1-3-12-10(9)15-7-8-6-13-4-5-14-8/h1-3,8H,4-7H2. The molecule has 0 bridgehead atoms. The van der Waals surface area contributed by atoms with Crippen molar-refractivity contribution >= 4 is 15.9 Å². The molecule has 1 atom stereocenters.